The van der Waals surface area contributed by atoms with E-state index >= 15 is 0 Å². The molecule has 0 amide bonds. The number of aryl methyl sites for hydroxylation is 1. The number of hydrogen-bond donors (Lipinski definition) is 2. The molecule has 8 heteroatoms. The number of halogens is 2. The molecule has 1 heterocycles. The SMILES string of the molecule is CCNC(=NCc1nnc(C)n1C)NC(C)c1ccccc1Br.I. The van der Waals surface area contributed by atoms with Crippen LogP contribution in [0, 0.1) is 6.92 Å². The Bertz CT molecular complexity index is 685. The van der Waals surface area contributed by atoms with Gasteiger partial charge in [0.15, 0.2) is 11.8 Å². The van der Waals surface area contributed by atoms with Crippen molar-refractivity contribution in [1.82, 2.24) is 25.4 Å². The summed E-state index contributed by atoms with van der Waals surface area (Å²) in [5.74, 6) is 2.49. The van der Waals surface area contributed by atoms with Crippen molar-refractivity contribution in [2.24, 2.45) is 12.0 Å². The molecule has 0 aliphatic carbocycles. The molecule has 0 saturated heterocycles. The highest BCUT2D eigenvalue weighted by Gasteiger charge is 2.11. The number of rotatable bonds is 5. The Morgan fingerprint density at radius 2 is 2.04 bits per heavy atom. The standard InChI is InChI=1S/C16H23BrN6.HI/c1-5-18-16(19-10-15-22-21-12(3)23(15)4)20-11(2)13-8-6-7-9-14(13)17;/h6-9,11H,5,10H2,1-4H3,(H2,18,19,20);1H. The van der Waals surface area contributed by atoms with Gasteiger partial charge in [0.2, 0.25) is 0 Å². The molecule has 0 aliphatic rings. The Kier molecular flexibility index (Phi) is 8.68. The molecule has 2 rings (SSSR count). The van der Waals surface area contributed by atoms with Crippen LogP contribution in [0.25, 0.3) is 0 Å². The lowest BCUT2D eigenvalue weighted by Gasteiger charge is -2.19. The fraction of sp³-hybridized carbons (Fsp3) is 0.438. The van der Waals surface area contributed by atoms with E-state index in [-0.39, 0.29) is 30.0 Å². The Balaban J connectivity index is 0.00000288. The number of aromatic nitrogens is 3. The molecule has 0 aliphatic heterocycles. The normalized spacial score (nSPS) is 12.5. The van der Waals surface area contributed by atoms with Gasteiger partial charge in [0.25, 0.3) is 0 Å². The van der Waals surface area contributed by atoms with E-state index in [1.807, 2.05) is 43.7 Å². The van der Waals surface area contributed by atoms with E-state index in [9.17, 15) is 0 Å². The first-order chi connectivity index (χ1) is 11.0. The van der Waals surface area contributed by atoms with Gasteiger partial charge in [-0.05, 0) is 32.4 Å². The Labute approximate surface area is 168 Å². The van der Waals surface area contributed by atoms with Gasteiger partial charge in [-0.15, -0.1) is 34.2 Å². The van der Waals surface area contributed by atoms with E-state index in [4.69, 9.17) is 0 Å². The molecule has 0 fully saturated rings. The molecular formula is C16H24BrIN6. The first-order valence-electron chi connectivity index (χ1n) is 7.67. The van der Waals surface area contributed by atoms with Crippen LogP contribution in [0.3, 0.4) is 0 Å². The lowest BCUT2D eigenvalue weighted by Crippen LogP contribution is -2.38. The zero-order valence-electron chi connectivity index (χ0n) is 14.4. The average Bonchev–Trinajstić information content (AvgIpc) is 2.85. The van der Waals surface area contributed by atoms with Gasteiger partial charge in [-0.2, -0.15) is 0 Å². The fourth-order valence-corrected chi connectivity index (χ4v) is 2.80. The van der Waals surface area contributed by atoms with E-state index < -0.39 is 0 Å². The Morgan fingerprint density at radius 3 is 2.62 bits per heavy atom. The van der Waals surface area contributed by atoms with Crippen LogP contribution >= 0.6 is 39.9 Å². The predicted octanol–water partition coefficient (Wildman–Crippen LogP) is 3.32. The number of hydrogen-bond acceptors (Lipinski definition) is 3. The zero-order valence-corrected chi connectivity index (χ0v) is 18.3. The summed E-state index contributed by atoms with van der Waals surface area (Å²) in [6, 6.07) is 8.31. The first kappa shape index (κ1) is 20.9. The van der Waals surface area contributed by atoms with Gasteiger partial charge >= 0.3 is 0 Å². The smallest absolute Gasteiger partial charge is 0.192 e. The summed E-state index contributed by atoms with van der Waals surface area (Å²) in [4.78, 5) is 4.61. The summed E-state index contributed by atoms with van der Waals surface area (Å²) < 4.78 is 3.03. The second-order valence-corrected chi connectivity index (χ2v) is 6.16. The van der Waals surface area contributed by atoms with Crippen LogP contribution in [0.4, 0.5) is 0 Å². The highest BCUT2D eigenvalue weighted by Crippen LogP contribution is 2.22. The molecule has 6 nitrogen and oxygen atoms in total. The van der Waals surface area contributed by atoms with Crippen LogP contribution in [-0.4, -0.2) is 27.3 Å². The third-order valence-corrected chi connectivity index (χ3v) is 4.35. The molecule has 2 aromatic rings. The van der Waals surface area contributed by atoms with Crippen molar-refractivity contribution in [3.8, 4) is 0 Å². The lowest BCUT2D eigenvalue weighted by atomic mass is 10.1. The van der Waals surface area contributed by atoms with E-state index in [0.717, 1.165) is 28.6 Å². The van der Waals surface area contributed by atoms with Crippen molar-refractivity contribution in [2.45, 2.75) is 33.4 Å². The molecule has 132 valence electrons. The van der Waals surface area contributed by atoms with Gasteiger partial charge in [0.05, 0.1) is 6.04 Å². The van der Waals surface area contributed by atoms with Crippen LogP contribution in [-0.2, 0) is 13.6 Å². The number of nitrogens with one attached hydrogen (secondary N) is 2. The minimum Gasteiger partial charge on any atom is -0.357 e. The van der Waals surface area contributed by atoms with Crippen molar-refractivity contribution in [1.29, 1.82) is 0 Å². The van der Waals surface area contributed by atoms with Crippen LogP contribution in [0.15, 0.2) is 33.7 Å². The van der Waals surface area contributed by atoms with Crippen molar-refractivity contribution in [3.63, 3.8) is 0 Å². The Hall–Kier alpha value is -1.16. The number of nitrogens with zero attached hydrogens (tertiary/aromatic N) is 4. The predicted molar refractivity (Wildman–Crippen MR) is 112 cm³/mol. The largest absolute Gasteiger partial charge is 0.357 e. The van der Waals surface area contributed by atoms with Crippen molar-refractivity contribution in [3.05, 3.63) is 46.0 Å². The van der Waals surface area contributed by atoms with Crippen LogP contribution in [0.2, 0.25) is 0 Å². The van der Waals surface area contributed by atoms with Gasteiger partial charge in [0, 0.05) is 18.1 Å². The highest BCUT2D eigenvalue weighted by molar-refractivity contribution is 14.0. The van der Waals surface area contributed by atoms with Crippen molar-refractivity contribution in [2.75, 3.05) is 6.54 Å². The molecule has 24 heavy (non-hydrogen) atoms. The monoisotopic (exact) mass is 506 g/mol. The topological polar surface area (TPSA) is 67.1 Å². The minimum absolute atomic E-state index is 0. The molecule has 1 atom stereocenters. The summed E-state index contributed by atoms with van der Waals surface area (Å²) in [6.07, 6.45) is 0. The second kappa shape index (κ2) is 9.97. The van der Waals surface area contributed by atoms with Crippen LogP contribution in [0.1, 0.15) is 37.1 Å². The van der Waals surface area contributed by atoms with Gasteiger partial charge in [-0.1, -0.05) is 34.1 Å². The molecule has 2 N–H and O–H groups in total. The summed E-state index contributed by atoms with van der Waals surface area (Å²) in [5, 5.41) is 14.9. The van der Waals surface area contributed by atoms with Gasteiger partial charge < -0.3 is 15.2 Å². The minimum atomic E-state index is 0. The van der Waals surface area contributed by atoms with E-state index in [0.29, 0.717) is 6.54 Å². The number of aliphatic imine (C=N–C) groups is 1. The maximum absolute atomic E-state index is 4.61. The van der Waals surface area contributed by atoms with Crippen molar-refractivity contribution >= 4 is 45.9 Å². The first-order valence-corrected chi connectivity index (χ1v) is 8.46. The zero-order chi connectivity index (χ0) is 16.8. The quantitative estimate of drug-likeness (QED) is 0.371. The molecule has 0 radical (unpaired) electrons. The van der Waals surface area contributed by atoms with E-state index in [1.165, 1.54) is 5.56 Å². The third-order valence-electron chi connectivity index (χ3n) is 3.63. The van der Waals surface area contributed by atoms with Crippen LogP contribution in [0.5, 0.6) is 0 Å². The molecule has 0 spiro atoms. The van der Waals surface area contributed by atoms with Crippen molar-refractivity contribution < 1.29 is 0 Å². The van der Waals surface area contributed by atoms with Crippen LogP contribution < -0.4 is 10.6 Å². The van der Waals surface area contributed by atoms with Gasteiger partial charge in [-0.25, -0.2) is 4.99 Å². The van der Waals surface area contributed by atoms with E-state index in [1.54, 1.807) is 0 Å². The highest BCUT2D eigenvalue weighted by atomic mass is 127. The van der Waals surface area contributed by atoms with E-state index in [2.05, 4.69) is 54.7 Å². The summed E-state index contributed by atoms with van der Waals surface area (Å²) in [6.45, 7) is 7.37. The maximum atomic E-state index is 4.61. The molecule has 1 unspecified atom stereocenters. The molecule has 0 saturated carbocycles. The third kappa shape index (κ3) is 5.44. The summed E-state index contributed by atoms with van der Waals surface area (Å²) >= 11 is 3.59. The van der Waals surface area contributed by atoms with Gasteiger partial charge in [-0.3, -0.25) is 0 Å². The second-order valence-electron chi connectivity index (χ2n) is 5.31. The fourth-order valence-electron chi connectivity index (χ4n) is 2.17. The molecule has 1 aromatic carbocycles. The maximum Gasteiger partial charge on any atom is 0.192 e. The molecule has 0 bridgehead atoms. The molecular weight excluding hydrogens is 483 g/mol. The molecule has 1 aromatic heterocycles. The van der Waals surface area contributed by atoms with Gasteiger partial charge in [0.1, 0.15) is 12.4 Å². The average molecular weight is 507 g/mol. The summed E-state index contributed by atoms with van der Waals surface area (Å²) in [7, 11) is 1.95. The lowest BCUT2D eigenvalue weighted by molar-refractivity contribution is 0.678. The number of guanidine groups is 1. The summed E-state index contributed by atoms with van der Waals surface area (Å²) in [5.41, 5.74) is 1.19. The number of benzene rings is 1. The Morgan fingerprint density at radius 1 is 1.33 bits per heavy atom.